The monoisotopic (exact) mass is 296 g/mol. The van der Waals surface area contributed by atoms with Crippen LogP contribution in [0, 0.1) is 0 Å². The zero-order chi connectivity index (χ0) is 14.4. The number of ether oxygens (including phenoxy) is 1. The SMILES string of the molecule is O=C(CSc1cc(C(=O)O)ccn1)NC1CCOCC1. The van der Waals surface area contributed by atoms with Gasteiger partial charge in [-0.2, -0.15) is 0 Å². The molecule has 2 rings (SSSR count). The molecule has 1 aromatic heterocycles. The molecule has 0 unspecified atom stereocenters. The Labute approximate surface area is 120 Å². The van der Waals surface area contributed by atoms with E-state index in [-0.39, 0.29) is 23.3 Å². The third kappa shape index (κ3) is 4.50. The maximum Gasteiger partial charge on any atom is 0.335 e. The highest BCUT2D eigenvalue weighted by Crippen LogP contribution is 2.16. The normalized spacial score (nSPS) is 15.8. The van der Waals surface area contributed by atoms with Crippen LogP contribution in [0.25, 0.3) is 0 Å². The molecule has 108 valence electrons. The standard InChI is InChI=1S/C13H16N2O4S/c16-11(15-10-2-5-19-6-3-10)8-20-12-7-9(13(17)18)1-4-14-12/h1,4,7,10H,2-3,5-6,8H2,(H,15,16)(H,17,18). The summed E-state index contributed by atoms with van der Waals surface area (Å²) < 4.78 is 5.22. The van der Waals surface area contributed by atoms with Crippen LogP contribution in [-0.2, 0) is 9.53 Å². The lowest BCUT2D eigenvalue weighted by atomic mass is 10.1. The van der Waals surface area contributed by atoms with E-state index in [2.05, 4.69) is 10.3 Å². The van der Waals surface area contributed by atoms with Gasteiger partial charge in [-0.15, -0.1) is 0 Å². The number of aromatic nitrogens is 1. The molecule has 0 spiro atoms. The van der Waals surface area contributed by atoms with Crippen molar-refractivity contribution in [3.05, 3.63) is 23.9 Å². The fourth-order valence-electron chi connectivity index (χ4n) is 1.87. The second-order valence-electron chi connectivity index (χ2n) is 4.43. The number of pyridine rings is 1. The molecule has 1 fully saturated rings. The summed E-state index contributed by atoms with van der Waals surface area (Å²) in [5.74, 6) is -0.835. The van der Waals surface area contributed by atoms with Crippen LogP contribution in [0.4, 0.5) is 0 Å². The van der Waals surface area contributed by atoms with Crippen LogP contribution in [-0.4, -0.2) is 47.0 Å². The fourth-order valence-corrected chi connectivity index (χ4v) is 2.58. The van der Waals surface area contributed by atoms with Crippen molar-refractivity contribution >= 4 is 23.6 Å². The topological polar surface area (TPSA) is 88.5 Å². The molecule has 0 radical (unpaired) electrons. The number of carboxylic acids is 1. The first-order valence-corrected chi connectivity index (χ1v) is 7.33. The van der Waals surface area contributed by atoms with Crippen LogP contribution in [0.15, 0.2) is 23.4 Å². The first-order chi connectivity index (χ1) is 9.65. The van der Waals surface area contributed by atoms with E-state index in [0.29, 0.717) is 18.2 Å². The second-order valence-corrected chi connectivity index (χ2v) is 5.43. The van der Waals surface area contributed by atoms with Gasteiger partial charge in [0.05, 0.1) is 16.3 Å². The molecule has 1 aromatic rings. The van der Waals surface area contributed by atoms with Gasteiger partial charge >= 0.3 is 5.97 Å². The Kier molecular flexibility index (Phi) is 5.37. The molecule has 20 heavy (non-hydrogen) atoms. The summed E-state index contributed by atoms with van der Waals surface area (Å²) in [5.41, 5.74) is 0.173. The highest BCUT2D eigenvalue weighted by molar-refractivity contribution is 7.99. The third-order valence-corrected chi connectivity index (χ3v) is 3.84. The number of carboxylic acid groups (broad SMARTS) is 1. The summed E-state index contributed by atoms with van der Waals surface area (Å²) in [7, 11) is 0. The largest absolute Gasteiger partial charge is 0.478 e. The molecular weight excluding hydrogens is 280 g/mol. The van der Waals surface area contributed by atoms with Crippen LogP contribution in [0.3, 0.4) is 0 Å². The maximum atomic E-state index is 11.8. The molecule has 1 aliphatic heterocycles. The van der Waals surface area contributed by atoms with Gasteiger partial charge in [-0.1, -0.05) is 11.8 Å². The highest BCUT2D eigenvalue weighted by atomic mass is 32.2. The van der Waals surface area contributed by atoms with Crippen LogP contribution in [0.1, 0.15) is 23.2 Å². The van der Waals surface area contributed by atoms with E-state index in [0.717, 1.165) is 12.8 Å². The molecule has 2 N–H and O–H groups in total. The van der Waals surface area contributed by atoms with Crippen molar-refractivity contribution < 1.29 is 19.4 Å². The van der Waals surface area contributed by atoms with Gasteiger partial charge < -0.3 is 15.2 Å². The molecule has 6 nitrogen and oxygen atoms in total. The summed E-state index contributed by atoms with van der Waals surface area (Å²) in [6, 6.07) is 3.07. The number of amides is 1. The average molecular weight is 296 g/mol. The van der Waals surface area contributed by atoms with Crippen molar-refractivity contribution in [1.29, 1.82) is 0 Å². The van der Waals surface area contributed by atoms with Crippen molar-refractivity contribution in [1.82, 2.24) is 10.3 Å². The maximum absolute atomic E-state index is 11.8. The van der Waals surface area contributed by atoms with Gasteiger partial charge in [0.1, 0.15) is 0 Å². The van der Waals surface area contributed by atoms with Gasteiger partial charge in [0.15, 0.2) is 0 Å². The van der Waals surface area contributed by atoms with E-state index in [1.165, 1.54) is 30.1 Å². The van der Waals surface area contributed by atoms with E-state index in [1.807, 2.05) is 0 Å². The molecule has 1 aliphatic rings. The van der Waals surface area contributed by atoms with Gasteiger partial charge in [0, 0.05) is 25.5 Å². The summed E-state index contributed by atoms with van der Waals surface area (Å²) in [4.78, 5) is 26.7. The predicted octanol–water partition coefficient (Wildman–Crippen LogP) is 1.17. The van der Waals surface area contributed by atoms with Crippen LogP contribution in [0.5, 0.6) is 0 Å². The van der Waals surface area contributed by atoms with Crippen LogP contribution < -0.4 is 5.32 Å². The summed E-state index contributed by atoms with van der Waals surface area (Å²) in [6.45, 7) is 1.36. The summed E-state index contributed by atoms with van der Waals surface area (Å²) in [5, 5.41) is 12.4. The Bertz CT molecular complexity index is 489. The van der Waals surface area contributed by atoms with Gasteiger partial charge in [-0.05, 0) is 25.0 Å². The van der Waals surface area contributed by atoms with E-state index in [4.69, 9.17) is 9.84 Å². The summed E-state index contributed by atoms with van der Waals surface area (Å²) >= 11 is 1.23. The Morgan fingerprint density at radius 1 is 1.45 bits per heavy atom. The van der Waals surface area contributed by atoms with Gasteiger partial charge in [-0.25, -0.2) is 9.78 Å². The third-order valence-electron chi connectivity index (χ3n) is 2.92. The van der Waals surface area contributed by atoms with Gasteiger partial charge in [0.25, 0.3) is 0 Å². The minimum atomic E-state index is -0.999. The predicted molar refractivity (Wildman–Crippen MR) is 73.9 cm³/mol. The lowest BCUT2D eigenvalue weighted by Gasteiger charge is -2.22. The van der Waals surface area contributed by atoms with E-state index >= 15 is 0 Å². The van der Waals surface area contributed by atoms with E-state index in [1.54, 1.807) is 0 Å². The van der Waals surface area contributed by atoms with Crippen molar-refractivity contribution in [2.24, 2.45) is 0 Å². The molecule has 7 heteroatoms. The first kappa shape index (κ1) is 14.8. The van der Waals surface area contributed by atoms with E-state index in [9.17, 15) is 9.59 Å². The minimum absolute atomic E-state index is 0.0653. The zero-order valence-corrected chi connectivity index (χ0v) is 11.7. The van der Waals surface area contributed by atoms with E-state index < -0.39 is 5.97 Å². The van der Waals surface area contributed by atoms with Gasteiger partial charge in [0.2, 0.25) is 5.91 Å². The molecule has 0 aliphatic carbocycles. The van der Waals surface area contributed by atoms with Crippen molar-refractivity contribution in [3.8, 4) is 0 Å². The van der Waals surface area contributed by atoms with Crippen molar-refractivity contribution in [2.45, 2.75) is 23.9 Å². The summed E-state index contributed by atoms with van der Waals surface area (Å²) in [6.07, 6.45) is 3.11. The molecule has 0 atom stereocenters. The smallest absolute Gasteiger partial charge is 0.335 e. The first-order valence-electron chi connectivity index (χ1n) is 6.34. The fraction of sp³-hybridized carbons (Fsp3) is 0.462. The number of thioether (sulfide) groups is 1. The Hall–Kier alpha value is -1.60. The number of nitrogens with zero attached hydrogens (tertiary/aromatic N) is 1. The van der Waals surface area contributed by atoms with Crippen molar-refractivity contribution in [2.75, 3.05) is 19.0 Å². The molecule has 2 heterocycles. The number of carbonyl (C=O) groups excluding carboxylic acids is 1. The lowest BCUT2D eigenvalue weighted by molar-refractivity contribution is -0.119. The quantitative estimate of drug-likeness (QED) is 0.793. The Morgan fingerprint density at radius 3 is 2.90 bits per heavy atom. The Balaban J connectivity index is 1.80. The highest BCUT2D eigenvalue weighted by Gasteiger charge is 2.16. The minimum Gasteiger partial charge on any atom is -0.478 e. The molecule has 0 aromatic carbocycles. The van der Waals surface area contributed by atoms with Gasteiger partial charge in [-0.3, -0.25) is 4.79 Å². The van der Waals surface area contributed by atoms with Crippen LogP contribution in [0.2, 0.25) is 0 Å². The lowest BCUT2D eigenvalue weighted by Crippen LogP contribution is -2.39. The average Bonchev–Trinajstić information content (AvgIpc) is 2.46. The number of rotatable bonds is 5. The zero-order valence-electron chi connectivity index (χ0n) is 10.9. The number of carbonyl (C=O) groups is 2. The number of aromatic carboxylic acids is 1. The molecule has 1 amide bonds. The Morgan fingerprint density at radius 2 is 2.20 bits per heavy atom. The number of nitrogens with one attached hydrogen (secondary N) is 1. The molecule has 0 bridgehead atoms. The molecular formula is C13H16N2O4S. The van der Waals surface area contributed by atoms with Crippen molar-refractivity contribution in [3.63, 3.8) is 0 Å². The number of hydrogen-bond acceptors (Lipinski definition) is 5. The number of hydrogen-bond donors (Lipinski definition) is 2. The second kappa shape index (κ2) is 7.25. The van der Waals surface area contributed by atoms with Crippen LogP contribution >= 0.6 is 11.8 Å². The molecule has 1 saturated heterocycles. The molecule has 0 saturated carbocycles.